The number of hydrogen-bond acceptors (Lipinski definition) is 4. The Hall–Kier alpha value is -3.64. The molecule has 5 rings (SSSR count). The molecule has 0 saturated carbocycles. The highest BCUT2D eigenvalue weighted by atomic mass is 16.3. The lowest BCUT2D eigenvalue weighted by molar-refractivity contribution is -0.122. The van der Waals surface area contributed by atoms with Crippen LogP contribution in [0.4, 0.5) is 5.69 Å². The summed E-state index contributed by atoms with van der Waals surface area (Å²) in [5, 5.41) is 15.8. The Balaban J connectivity index is 1.31. The van der Waals surface area contributed by atoms with Gasteiger partial charge in [-0.3, -0.25) is 14.5 Å². The van der Waals surface area contributed by atoms with Crippen molar-refractivity contribution in [1.82, 2.24) is 10.2 Å². The minimum Gasteiger partial charge on any atom is -0.508 e. The van der Waals surface area contributed by atoms with Crippen LogP contribution in [0.25, 0.3) is 11.1 Å². The van der Waals surface area contributed by atoms with E-state index in [9.17, 15) is 14.7 Å². The third-order valence-electron chi connectivity index (χ3n) is 7.26. The van der Waals surface area contributed by atoms with E-state index in [0.29, 0.717) is 18.5 Å². The van der Waals surface area contributed by atoms with Gasteiger partial charge in [-0.05, 0) is 103 Å². The number of nitrogens with zero attached hydrogens (tertiary/aromatic N) is 1. The minimum atomic E-state index is -0.472. The maximum absolute atomic E-state index is 12.4. The zero-order valence-electron chi connectivity index (χ0n) is 20.7. The Bertz CT molecular complexity index is 1260. The Morgan fingerprint density at radius 2 is 1.78 bits per heavy atom. The van der Waals surface area contributed by atoms with Crippen LogP contribution in [0.2, 0.25) is 0 Å². The SMILES string of the molecule is Cc1cc(Cc2ccc(O)cc2-c2ccc(NC(=O)C3CCC(=O)N3)cc2)ccc1CN1CCCC1. The van der Waals surface area contributed by atoms with Gasteiger partial charge >= 0.3 is 0 Å². The lowest BCUT2D eigenvalue weighted by Crippen LogP contribution is -2.37. The molecule has 2 heterocycles. The first-order valence-electron chi connectivity index (χ1n) is 12.8. The lowest BCUT2D eigenvalue weighted by Gasteiger charge is -2.17. The van der Waals surface area contributed by atoms with Crippen LogP contribution in [0.15, 0.2) is 60.7 Å². The molecule has 2 aliphatic rings. The van der Waals surface area contributed by atoms with Gasteiger partial charge in [0.05, 0.1) is 0 Å². The van der Waals surface area contributed by atoms with Crippen molar-refractivity contribution < 1.29 is 14.7 Å². The number of phenols is 1. The Kier molecular flexibility index (Phi) is 7.05. The Morgan fingerprint density at radius 1 is 1.03 bits per heavy atom. The molecule has 0 spiro atoms. The fourth-order valence-electron chi connectivity index (χ4n) is 5.21. The smallest absolute Gasteiger partial charge is 0.246 e. The van der Waals surface area contributed by atoms with Crippen molar-refractivity contribution in [2.24, 2.45) is 0 Å². The molecule has 6 nitrogen and oxygen atoms in total. The number of aryl methyl sites for hydroxylation is 1. The number of aromatic hydroxyl groups is 1. The molecule has 0 radical (unpaired) electrons. The van der Waals surface area contributed by atoms with E-state index in [4.69, 9.17) is 0 Å². The van der Waals surface area contributed by atoms with E-state index in [0.717, 1.165) is 29.7 Å². The molecule has 6 heteroatoms. The van der Waals surface area contributed by atoms with Crippen LogP contribution in [0, 0.1) is 6.92 Å². The second-order valence-electron chi connectivity index (χ2n) is 9.99. The molecule has 2 aliphatic heterocycles. The molecule has 3 aromatic rings. The van der Waals surface area contributed by atoms with Crippen LogP contribution in [0.5, 0.6) is 5.75 Å². The van der Waals surface area contributed by atoms with Crippen molar-refractivity contribution in [1.29, 1.82) is 0 Å². The van der Waals surface area contributed by atoms with Crippen molar-refractivity contribution in [3.8, 4) is 16.9 Å². The summed E-state index contributed by atoms with van der Waals surface area (Å²) >= 11 is 0. The number of rotatable bonds is 7. The number of anilines is 1. The molecule has 3 aromatic carbocycles. The summed E-state index contributed by atoms with van der Waals surface area (Å²) < 4.78 is 0. The predicted molar refractivity (Wildman–Crippen MR) is 142 cm³/mol. The maximum atomic E-state index is 12.4. The number of phenolic OH excluding ortho intramolecular Hbond substituents is 1. The summed E-state index contributed by atoms with van der Waals surface area (Å²) in [5.41, 5.74) is 7.69. The summed E-state index contributed by atoms with van der Waals surface area (Å²) in [6, 6.07) is 19.4. The van der Waals surface area contributed by atoms with Crippen LogP contribution in [-0.2, 0) is 22.6 Å². The van der Waals surface area contributed by atoms with Gasteiger partial charge < -0.3 is 15.7 Å². The van der Waals surface area contributed by atoms with Crippen LogP contribution in [0.1, 0.15) is 47.9 Å². The van der Waals surface area contributed by atoms with Gasteiger partial charge in [0.2, 0.25) is 11.8 Å². The van der Waals surface area contributed by atoms with Crippen molar-refractivity contribution in [2.75, 3.05) is 18.4 Å². The third kappa shape index (κ3) is 5.60. The van der Waals surface area contributed by atoms with Gasteiger partial charge in [-0.2, -0.15) is 0 Å². The van der Waals surface area contributed by atoms with Crippen molar-refractivity contribution in [3.63, 3.8) is 0 Å². The molecule has 36 heavy (non-hydrogen) atoms. The molecule has 0 aliphatic carbocycles. The maximum Gasteiger partial charge on any atom is 0.246 e. The number of carbonyl (C=O) groups is 2. The van der Waals surface area contributed by atoms with Crippen LogP contribution in [0.3, 0.4) is 0 Å². The number of benzene rings is 3. The fourth-order valence-corrected chi connectivity index (χ4v) is 5.21. The number of nitrogens with one attached hydrogen (secondary N) is 2. The highest BCUT2D eigenvalue weighted by molar-refractivity contribution is 5.99. The number of likely N-dealkylation sites (tertiary alicyclic amines) is 1. The van der Waals surface area contributed by atoms with Gasteiger partial charge in [-0.15, -0.1) is 0 Å². The zero-order valence-corrected chi connectivity index (χ0v) is 20.7. The van der Waals surface area contributed by atoms with Crippen molar-refractivity contribution >= 4 is 17.5 Å². The number of amides is 2. The molecule has 3 N–H and O–H groups in total. The first-order valence-corrected chi connectivity index (χ1v) is 12.8. The summed E-state index contributed by atoms with van der Waals surface area (Å²) in [4.78, 5) is 26.3. The summed E-state index contributed by atoms with van der Waals surface area (Å²) in [6.45, 7) is 5.60. The van der Waals surface area contributed by atoms with Crippen LogP contribution >= 0.6 is 0 Å². The van der Waals surface area contributed by atoms with E-state index < -0.39 is 6.04 Å². The second kappa shape index (κ2) is 10.5. The number of hydrogen-bond donors (Lipinski definition) is 3. The van der Waals surface area contributed by atoms with E-state index in [-0.39, 0.29) is 17.6 Å². The van der Waals surface area contributed by atoms with Crippen molar-refractivity contribution in [2.45, 2.75) is 51.6 Å². The first kappa shape index (κ1) is 24.1. The molecule has 1 unspecified atom stereocenters. The van der Waals surface area contributed by atoms with E-state index in [2.05, 4.69) is 40.7 Å². The molecule has 2 amide bonds. The fraction of sp³-hybridized carbons (Fsp3) is 0.333. The van der Waals surface area contributed by atoms with Gasteiger partial charge in [-0.25, -0.2) is 0 Å². The van der Waals surface area contributed by atoms with E-state index >= 15 is 0 Å². The molecule has 2 fully saturated rings. The average molecular weight is 484 g/mol. The van der Waals surface area contributed by atoms with Gasteiger partial charge in [-0.1, -0.05) is 36.4 Å². The molecule has 186 valence electrons. The van der Waals surface area contributed by atoms with Gasteiger partial charge in [0, 0.05) is 18.7 Å². The topological polar surface area (TPSA) is 81.7 Å². The first-order chi connectivity index (χ1) is 17.4. The molecular weight excluding hydrogens is 450 g/mol. The van der Waals surface area contributed by atoms with Crippen LogP contribution in [-0.4, -0.2) is 41.0 Å². The summed E-state index contributed by atoms with van der Waals surface area (Å²) in [5.74, 6) is -0.0613. The monoisotopic (exact) mass is 483 g/mol. The zero-order chi connectivity index (χ0) is 25.1. The van der Waals surface area contributed by atoms with Gasteiger partial charge in [0.1, 0.15) is 11.8 Å². The summed E-state index contributed by atoms with van der Waals surface area (Å²) in [7, 11) is 0. The van der Waals surface area contributed by atoms with Crippen LogP contribution < -0.4 is 10.6 Å². The molecular formula is C30H33N3O3. The lowest BCUT2D eigenvalue weighted by atomic mass is 9.93. The van der Waals surface area contributed by atoms with Gasteiger partial charge in [0.25, 0.3) is 0 Å². The predicted octanol–water partition coefficient (Wildman–Crippen LogP) is 4.77. The van der Waals surface area contributed by atoms with E-state index in [1.807, 2.05) is 30.3 Å². The highest BCUT2D eigenvalue weighted by Crippen LogP contribution is 2.31. The third-order valence-corrected chi connectivity index (χ3v) is 7.26. The molecule has 0 bridgehead atoms. The molecule has 2 saturated heterocycles. The minimum absolute atomic E-state index is 0.0849. The van der Waals surface area contributed by atoms with E-state index in [1.54, 1.807) is 12.1 Å². The molecule has 0 aromatic heterocycles. The average Bonchev–Trinajstić information content (AvgIpc) is 3.54. The van der Waals surface area contributed by atoms with Crippen molar-refractivity contribution in [3.05, 3.63) is 82.9 Å². The largest absolute Gasteiger partial charge is 0.508 e. The second-order valence-corrected chi connectivity index (χ2v) is 9.99. The Labute approximate surface area is 212 Å². The quantitative estimate of drug-likeness (QED) is 0.452. The van der Waals surface area contributed by atoms with Gasteiger partial charge in [0.15, 0.2) is 0 Å². The highest BCUT2D eigenvalue weighted by Gasteiger charge is 2.27. The normalized spacial score (nSPS) is 17.8. The summed E-state index contributed by atoms with van der Waals surface area (Å²) in [6.07, 6.45) is 4.27. The standard InChI is InChI=1S/C30H33N3O3/c1-20-16-21(4-5-24(20)19-33-14-2-3-15-33)17-23-8-11-26(34)18-27(23)22-6-9-25(10-7-22)31-30(36)28-12-13-29(35)32-28/h4-11,16,18,28,34H,2-3,12-15,17,19H2,1H3,(H,31,36)(H,32,35). The van der Waals surface area contributed by atoms with E-state index in [1.165, 1.54) is 42.6 Å². The number of carbonyl (C=O) groups excluding carboxylic acids is 2. The molecule has 1 atom stereocenters. The Morgan fingerprint density at radius 3 is 2.47 bits per heavy atom.